The van der Waals surface area contributed by atoms with Crippen LogP contribution in [0.5, 0.6) is 0 Å². The van der Waals surface area contributed by atoms with Crippen molar-refractivity contribution in [1.82, 2.24) is 14.8 Å². The van der Waals surface area contributed by atoms with Crippen molar-refractivity contribution in [2.24, 2.45) is 0 Å². The number of rotatable bonds is 4. The van der Waals surface area contributed by atoms with E-state index in [9.17, 15) is 4.79 Å². The van der Waals surface area contributed by atoms with Crippen LogP contribution in [-0.2, 0) is 4.79 Å². The number of carbonyl (C=O) groups excluding carboxylic acids is 1. The summed E-state index contributed by atoms with van der Waals surface area (Å²) in [5.41, 5.74) is 1.00. The van der Waals surface area contributed by atoms with Crippen LogP contribution in [0.1, 0.15) is 38.4 Å². The molecular weight excluding hydrogens is 248 g/mol. The summed E-state index contributed by atoms with van der Waals surface area (Å²) < 4.78 is 1.62. The minimum atomic E-state index is -0.341. The Labute approximate surface area is 110 Å². The van der Waals surface area contributed by atoms with Crippen LogP contribution < -0.4 is 5.32 Å². The SMILES string of the molecule is CC(C)c1csc(NC(=O)C(C)n2cccn2)n1. The van der Waals surface area contributed by atoms with Gasteiger partial charge in [-0.25, -0.2) is 4.98 Å². The van der Waals surface area contributed by atoms with E-state index in [0.717, 1.165) is 5.69 Å². The van der Waals surface area contributed by atoms with Gasteiger partial charge in [0.05, 0.1) is 5.69 Å². The first-order chi connectivity index (χ1) is 8.58. The summed E-state index contributed by atoms with van der Waals surface area (Å²) >= 11 is 1.45. The zero-order valence-electron chi connectivity index (χ0n) is 10.6. The Bertz CT molecular complexity index is 518. The van der Waals surface area contributed by atoms with E-state index >= 15 is 0 Å². The fourth-order valence-corrected chi connectivity index (χ4v) is 2.32. The summed E-state index contributed by atoms with van der Waals surface area (Å²) in [5, 5.41) is 9.48. The molecule has 1 N–H and O–H groups in total. The Hall–Kier alpha value is -1.69. The van der Waals surface area contributed by atoms with Gasteiger partial charge in [0.1, 0.15) is 6.04 Å². The van der Waals surface area contributed by atoms with E-state index in [4.69, 9.17) is 0 Å². The Balaban J connectivity index is 2.02. The van der Waals surface area contributed by atoms with Crippen LogP contribution >= 0.6 is 11.3 Å². The Morgan fingerprint density at radius 1 is 1.44 bits per heavy atom. The average Bonchev–Trinajstić information content (AvgIpc) is 2.98. The Morgan fingerprint density at radius 3 is 2.78 bits per heavy atom. The maximum Gasteiger partial charge on any atom is 0.250 e. The van der Waals surface area contributed by atoms with Gasteiger partial charge in [0, 0.05) is 17.8 Å². The van der Waals surface area contributed by atoms with Crippen LogP contribution in [0.2, 0.25) is 0 Å². The standard InChI is InChI=1S/C12H16N4OS/c1-8(2)10-7-18-12(14-10)15-11(17)9(3)16-6-4-5-13-16/h4-9H,1-3H3,(H,14,15,17). The molecule has 0 saturated heterocycles. The lowest BCUT2D eigenvalue weighted by atomic mass is 10.2. The first kappa shape index (κ1) is 12.8. The van der Waals surface area contributed by atoms with Gasteiger partial charge in [-0.1, -0.05) is 13.8 Å². The minimum Gasteiger partial charge on any atom is -0.300 e. The third-order valence-electron chi connectivity index (χ3n) is 2.64. The summed E-state index contributed by atoms with van der Waals surface area (Å²) in [4.78, 5) is 16.4. The molecule has 0 fully saturated rings. The molecule has 6 heteroatoms. The summed E-state index contributed by atoms with van der Waals surface area (Å²) in [7, 11) is 0. The maximum absolute atomic E-state index is 12.0. The largest absolute Gasteiger partial charge is 0.300 e. The van der Waals surface area contributed by atoms with Crippen LogP contribution in [-0.4, -0.2) is 20.7 Å². The van der Waals surface area contributed by atoms with Crippen molar-refractivity contribution in [1.29, 1.82) is 0 Å². The fraction of sp³-hybridized carbons (Fsp3) is 0.417. The van der Waals surface area contributed by atoms with Gasteiger partial charge in [-0.3, -0.25) is 9.48 Å². The van der Waals surface area contributed by atoms with Gasteiger partial charge in [0.2, 0.25) is 0 Å². The number of thiazole rings is 1. The number of carbonyl (C=O) groups is 1. The van der Waals surface area contributed by atoms with Crippen molar-refractivity contribution in [2.45, 2.75) is 32.7 Å². The van der Waals surface area contributed by atoms with Gasteiger partial charge in [0.15, 0.2) is 5.13 Å². The van der Waals surface area contributed by atoms with Crippen LogP contribution in [0.15, 0.2) is 23.8 Å². The second kappa shape index (κ2) is 5.30. The van der Waals surface area contributed by atoms with Crippen LogP contribution in [0.25, 0.3) is 0 Å². The van der Waals surface area contributed by atoms with Gasteiger partial charge < -0.3 is 5.32 Å². The molecule has 1 atom stereocenters. The van der Waals surface area contributed by atoms with E-state index < -0.39 is 0 Å². The molecule has 0 saturated carbocycles. The molecule has 18 heavy (non-hydrogen) atoms. The highest BCUT2D eigenvalue weighted by molar-refractivity contribution is 7.13. The lowest BCUT2D eigenvalue weighted by Crippen LogP contribution is -2.23. The second-order valence-electron chi connectivity index (χ2n) is 4.38. The molecule has 0 aliphatic rings. The molecular formula is C12H16N4OS. The molecule has 2 heterocycles. The molecule has 0 spiro atoms. The van der Waals surface area contributed by atoms with E-state index in [2.05, 4.69) is 29.2 Å². The van der Waals surface area contributed by atoms with Crippen LogP contribution in [0.3, 0.4) is 0 Å². The Kier molecular flexibility index (Phi) is 3.76. The highest BCUT2D eigenvalue weighted by atomic mass is 32.1. The van der Waals surface area contributed by atoms with Gasteiger partial charge in [-0.05, 0) is 18.9 Å². The number of nitrogens with one attached hydrogen (secondary N) is 1. The van der Waals surface area contributed by atoms with Crippen molar-refractivity contribution in [3.8, 4) is 0 Å². The van der Waals surface area contributed by atoms with Crippen molar-refractivity contribution in [3.05, 3.63) is 29.5 Å². The molecule has 0 aliphatic carbocycles. The van der Waals surface area contributed by atoms with Crippen molar-refractivity contribution in [2.75, 3.05) is 5.32 Å². The number of anilines is 1. The van der Waals surface area contributed by atoms with Gasteiger partial charge in [-0.2, -0.15) is 5.10 Å². The molecule has 2 aromatic rings. The predicted molar refractivity (Wildman–Crippen MR) is 71.8 cm³/mol. The summed E-state index contributed by atoms with van der Waals surface area (Å²) in [5.74, 6) is 0.263. The fourth-order valence-electron chi connectivity index (χ4n) is 1.45. The third-order valence-corrected chi connectivity index (χ3v) is 3.42. The van der Waals surface area contributed by atoms with Crippen molar-refractivity contribution >= 4 is 22.4 Å². The lowest BCUT2D eigenvalue weighted by molar-refractivity contribution is -0.119. The topological polar surface area (TPSA) is 59.8 Å². The number of hydrogen-bond donors (Lipinski definition) is 1. The normalized spacial score (nSPS) is 12.7. The minimum absolute atomic E-state index is 0.108. The van der Waals surface area contributed by atoms with Crippen molar-refractivity contribution < 1.29 is 4.79 Å². The molecule has 2 aromatic heterocycles. The molecule has 5 nitrogen and oxygen atoms in total. The average molecular weight is 264 g/mol. The highest BCUT2D eigenvalue weighted by Crippen LogP contribution is 2.22. The second-order valence-corrected chi connectivity index (χ2v) is 5.24. The number of aromatic nitrogens is 3. The quantitative estimate of drug-likeness (QED) is 0.923. The summed E-state index contributed by atoms with van der Waals surface area (Å²) in [6.45, 7) is 5.96. The molecule has 1 unspecified atom stereocenters. The first-order valence-electron chi connectivity index (χ1n) is 5.83. The van der Waals surface area contributed by atoms with E-state index in [-0.39, 0.29) is 11.9 Å². The van der Waals surface area contributed by atoms with E-state index in [1.54, 1.807) is 30.1 Å². The smallest absolute Gasteiger partial charge is 0.250 e. The zero-order valence-corrected chi connectivity index (χ0v) is 11.4. The molecule has 0 aliphatic heterocycles. The molecule has 2 rings (SSSR count). The maximum atomic E-state index is 12.0. The van der Waals surface area contributed by atoms with Crippen molar-refractivity contribution in [3.63, 3.8) is 0 Å². The molecule has 96 valence electrons. The first-order valence-corrected chi connectivity index (χ1v) is 6.71. The van der Waals surface area contributed by atoms with Crippen LogP contribution in [0.4, 0.5) is 5.13 Å². The number of hydrogen-bond acceptors (Lipinski definition) is 4. The predicted octanol–water partition coefficient (Wildman–Crippen LogP) is 2.66. The van der Waals surface area contributed by atoms with E-state index in [0.29, 0.717) is 11.0 Å². The summed E-state index contributed by atoms with van der Waals surface area (Å²) in [6, 6.07) is 1.45. The number of nitrogens with zero attached hydrogens (tertiary/aromatic N) is 3. The molecule has 1 amide bonds. The third kappa shape index (κ3) is 2.76. The van der Waals surface area contributed by atoms with E-state index in [1.807, 2.05) is 5.38 Å². The molecule has 0 aromatic carbocycles. The van der Waals surface area contributed by atoms with E-state index in [1.165, 1.54) is 11.3 Å². The number of amides is 1. The van der Waals surface area contributed by atoms with Gasteiger partial charge in [0.25, 0.3) is 5.91 Å². The lowest BCUT2D eigenvalue weighted by Gasteiger charge is -2.10. The summed E-state index contributed by atoms with van der Waals surface area (Å²) in [6.07, 6.45) is 3.43. The molecule has 0 radical (unpaired) electrons. The molecule has 0 bridgehead atoms. The Morgan fingerprint density at radius 2 is 2.22 bits per heavy atom. The van der Waals surface area contributed by atoms with Gasteiger partial charge in [-0.15, -0.1) is 11.3 Å². The van der Waals surface area contributed by atoms with Crippen LogP contribution in [0, 0.1) is 0 Å². The monoisotopic (exact) mass is 264 g/mol. The highest BCUT2D eigenvalue weighted by Gasteiger charge is 2.16. The zero-order chi connectivity index (χ0) is 13.1. The van der Waals surface area contributed by atoms with Gasteiger partial charge >= 0.3 is 0 Å².